The molecule has 3 aromatic carbocycles. The summed E-state index contributed by atoms with van der Waals surface area (Å²) in [5.74, 6) is -0.802. The summed E-state index contributed by atoms with van der Waals surface area (Å²) >= 11 is 6.40. The Morgan fingerprint density at radius 2 is 1.46 bits per heavy atom. The molecule has 0 heterocycles. The number of hydrogen-bond acceptors (Lipinski definition) is 4. The minimum absolute atomic E-state index is 0.0536. The van der Waals surface area contributed by atoms with Crippen LogP contribution in [0.1, 0.15) is 56.4 Å². The van der Waals surface area contributed by atoms with Crippen LogP contribution in [-0.2, 0) is 26.2 Å². The van der Waals surface area contributed by atoms with Crippen molar-refractivity contribution < 1.29 is 18.0 Å². The van der Waals surface area contributed by atoms with Crippen molar-refractivity contribution in [1.29, 1.82) is 0 Å². The van der Waals surface area contributed by atoms with E-state index >= 15 is 0 Å². The van der Waals surface area contributed by atoms with Gasteiger partial charge in [-0.25, -0.2) is 8.42 Å². The number of nitrogens with zero attached hydrogens (tertiary/aromatic N) is 2. The fraction of sp³-hybridized carbons (Fsp3) is 0.375. The Kier molecular flexibility index (Phi) is 10.3. The predicted octanol–water partition coefficient (Wildman–Crippen LogP) is 6.18. The fourth-order valence-electron chi connectivity index (χ4n) is 4.48. The highest BCUT2D eigenvalue weighted by Gasteiger charge is 2.35. The molecule has 9 heteroatoms. The van der Waals surface area contributed by atoms with Gasteiger partial charge in [-0.2, -0.15) is 0 Å². The number of hydrogen-bond donors (Lipinski definition) is 1. The van der Waals surface area contributed by atoms with Gasteiger partial charge in [-0.15, -0.1) is 0 Å². The average molecular weight is 598 g/mol. The summed E-state index contributed by atoms with van der Waals surface area (Å²) in [6.07, 6.45) is 0.348. The first-order valence-corrected chi connectivity index (χ1v) is 15.5. The molecule has 0 saturated carbocycles. The third-order valence-corrected chi connectivity index (χ3v) is 8.94. The van der Waals surface area contributed by atoms with Crippen LogP contribution < -0.4 is 9.62 Å². The molecular formula is C32H40ClN3O4S. The molecule has 41 heavy (non-hydrogen) atoms. The van der Waals surface area contributed by atoms with Crippen LogP contribution in [0.5, 0.6) is 0 Å². The molecule has 0 fully saturated rings. The summed E-state index contributed by atoms with van der Waals surface area (Å²) < 4.78 is 29.2. The van der Waals surface area contributed by atoms with Crippen LogP contribution >= 0.6 is 11.6 Å². The van der Waals surface area contributed by atoms with Crippen LogP contribution in [0.4, 0.5) is 5.69 Å². The van der Waals surface area contributed by atoms with E-state index in [0.29, 0.717) is 22.7 Å². The highest BCUT2D eigenvalue weighted by molar-refractivity contribution is 7.92. The maximum absolute atomic E-state index is 14.2. The maximum atomic E-state index is 14.2. The lowest BCUT2D eigenvalue weighted by Crippen LogP contribution is -2.55. The first kappa shape index (κ1) is 32.2. The topological polar surface area (TPSA) is 86.8 Å². The van der Waals surface area contributed by atoms with Gasteiger partial charge in [-0.1, -0.05) is 72.1 Å². The van der Waals surface area contributed by atoms with Gasteiger partial charge in [0.25, 0.3) is 10.0 Å². The molecule has 0 aliphatic carbocycles. The van der Waals surface area contributed by atoms with Gasteiger partial charge in [-0.05, 0) is 83.4 Å². The molecule has 0 bridgehead atoms. The van der Waals surface area contributed by atoms with Gasteiger partial charge in [0, 0.05) is 17.1 Å². The summed E-state index contributed by atoms with van der Waals surface area (Å²) in [6, 6.07) is 18.3. The molecule has 7 nitrogen and oxygen atoms in total. The summed E-state index contributed by atoms with van der Waals surface area (Å²) in [6.45, 7) is 12.7. The molecule has 1 atom stereocenters. The first-order chi connectivity index (χ1) is 19.1. The SMILES string of the molecule is CC[C@H](C(=O)NC(C)(C)C)N(Cc1ccc(C)cc1)C(=O)CN(c1cccc(Cl)c1C)S(=O)(=O)c1ccc(C)cc1. The van der Waals surface area contributed by atoms with Crippen LogP contribution in [-0.4, -0.2) is 43.3 Å². The fourth-order valence-corrected chi connectivity index (χ4v) is 6.12. The molecule has 220 valence electrons. The van der Waals surface area contributed by atoms with E-state index in [-0.39, 0.29) is 17.3 Å². The number of carbonyl (C=O) groups is 2. The number of rotatable bonds is 10. The van der Waals surface area contributed by atoms with E-state index in [1.165, 1.54) is 17.0 Å². The van der Waals surface area contributed by atoms with Crippen molar-refractivity contribution in [2.24, 2.45) is 0 Å². The lowest BCUT2D eigenvalue weighted by molar-refractivity contribution is -0.141. The molecule has 0 spiro atoms. The van der Waals surface area contributed by atoms with E-state index in [1.54, 1.807) is 37.3 Å². The van der Waals surface area contributed by atoms with Gasteiger partial charge >= 0.3 is 0 Å². The quantitative estimate of drug-likeness (QED) is 0.302. The van der Waals surface area contributed by atoms with Crippen LogP contribution in [0.3, 0.4) is 0 Å². The van der Waals surface area contributed by atoms with Crippen molar-refractivity contribution in [2.75, 3.05) is 10.8 Å². The van der Waals surface area contributed by atoms with Crippen molar-refractivity contribution >= 4 is 39.1 Å². The molecule has 0 unspecified atom stereocenters. The predicted molar refractivity (Wildman–Crippen MR) is 166 cm³/mol. The number of nitrogens with one attached hydrogen (secondary N) is 1. The van der Waals surface area contributed by atoms with Crippen molar-refractivity contribution in [3.05, 3.63) is 94.0 Å². The summed E-state index contributed by atoms with van der Waals surface area (Å²) in [5.41, 5.74) is 3.12. The zero-order valence-corrected chi connectivity index (χ0v) is 26.4. The Morgan fingerprint density at radius 1 is 0.902 bits per heavy atom. The smallest absolute Gasteiger partial charge is 0.264 e. The van der Waals surface area contributed by atoms with E-state index in [9.17, 15) is 18.0 Å². The number of carbonyl (C=O) groups excluding carboxylic acids is 2. The molecule has 0 aliphatic heterocycles. The van der Waals surface area contributed by atoms with Gasteiger partial charge in [0.05, 0.1) is 10.6 Å². The second-order valence-corrected chi connectivity index (χ2v) is 13.6. The minimum atomic E-state index is -4.17. The Hall–Kier alpha value is -3.36. The lowest BCUT2D eigenvalue weighted by atomic mass is 10.1. The third kappa shape index (κ3) is 8.11. The molecule has 3 rings (SSSR count). The number of sulfonamides is 1. The third-order valence-electron chi connectivity index (χ3n) is 6.75. The molecule has 0 radical (unpaired) electrons. The number of benzene rings is 3. The van der Waals surface area contributed by atoms with Gasteiger partial charge < -0.3 is 10.2 Å². The van der Waals surface area contributed by atoms with E-state index in [4.69, 9.17) is 11.6 Å². The largest absolute Gasteiger partial charge is 0.350 e. The van der Waals surface area contributed by atoms with Gasteiger partial charge in [0.15, 0.2) is 0 Å². The zero-order valence-electron chi connectivity index (χ0n) is 24.9. The monoisotopic (exact) mass is 597 g/mol. The number of amides is 2. The number of aryl methyl sites for hydroxylation is 2. The molecule has 0 saturated heterocycles. The maximum Gasteiger partial charge on any atom is 0.264 e. The van der Waals surface area contributed by atoms with Crippen LogP contribution in [0.25, 0.3) is 0 Å². The summed E-state index contributed by atoms with van der Waals surface area (Å²) in [7, 11) is -4.17. The van der Waals surface area contributed by atoms with E-state index in [2.05, 4.69) is 5.32 Å². The summed E-state index contributed by atoms with van der Waals surface area (Å²) in [4.78, 5) is 29.2. The molecule has 0 aromatic heterocycles. The van der Waals surface area contributed by atoms with Crippen molar-refractivity contribution in [1.82, 2.24) is 10.2 Å². The van der Waals surface area contributed by atoms with Crippen molar-refractivity contribution in [2.45, 2.75) is 77.9 Å². The number of anilines is 1. The molecule has 1 N–H and O–H groups in total. The molecular weight excluding hydrogens is 558 g/mol. The minimum Gasteiger partial charge on any atom is -0.350 e. The first-order valence-electron chi connectivity index (χ1n) is 13.7. The second-order valence-electron chi connectivity index (χ2n) is 11.4. The number of halogens is 1. The zero-order chi connectivity index (χ0) is 30.5. The van der Waals surface area contributed by atoms with E-state index in [1.807, 2.05) is 65.8 Å². The Balaban J connectivity index is 2.11. The lowest BCUT2D eigenvalue weighted by Gasteiger charge is -2.35. The van der Waals surface area contributed by atoms with Gasteiger partial charge in [-0.3, -0.25) is 13.9 Å². The van der Waals surface area contributed by atoms with Gasteiger partial charge in [0.1, 0.15) is 12.6 Å². The van der Waals surface area contributed by atoms with Crippen LogP contribution in [0.2, 0.25) is 5.02 Å². The summed E-state index contributed by atoms with van der Waals surface area (Å²) in [5, 5.41) is 3.36. The van der Waals surface area contributed by atoms with Crippen molar-refractivity contribution in [3.8, 4) is 0 Å². The molecule has 2 amide bonds. The average Bonchev–Trinajstić information content (AvgIpc) is 2.89. The Bertz CT molecular complexity index is 1480. The van der Waals surface area contributed by atoms with Crippen LogP contribution in [0.15, 0.2) is 71.6 Å². The Labute approximate surface area is 249 Å². The van der Waals surface area contributed by atoms with E-state index in [0.717, 1.165) is 21.0 Å². The normalized spacial score (nSPS) is 12.5. The standard InChI is InChI=1S/C32H40ClN3O4S/c1-8-28(31(38)34-32(5,6)7)35(20-25-16-12-22(2)13-17-25)30(37)21-36(29-11-9-10-27(33)24(29)4)41(39,40)26-18-14-23(3)15-19-26/h9-19,28H,8,20-21H2,1-7H3,(H,34,38)/t28-/m1/s1. The van der Waals surface area contributed by atoms with Gasteiger partial charge in [0.2, 0.25) is 11.8 Å². The molecule has 3 aromatic rings. The molecule has 0 aliphatic rings. The second kappa shape index (κ2) is 13.1. The highest BCUT2D eigenvalue weighted by Crippen LogP contribution is 2.31. The van der Waals surface area contributed by atoms with Crippen LogP contribution in [0, 0.1) is 20.8 Å². The highest BCUT2D eigenvalue weighted by atomic mass is 35.5. The Morgan fingerprint density at radius 3 is 2.00 bits per heavy atom. The van der Waals surface area contributed by atoms with E-state index < -0.39 is 34.1 Å². The van der Waals surface area contributed by atoms with Crippen molar-refractivity contribution in [3.63, 3.8) is 0 Å².